The lowest BCUT2D eigenvalue weighted by atomic mass is 10.3. The molecule has 1 rings (SSSR count). The van der Waals surface area contributed by atoms with Gasteiger partial charge in [0, 0.05) is 25.8 Å². The summed E-state index contributed by atoms with van der Waals surface area (Å²) in [6, 6.07) is 0. The molecule has 0 saturated carbocycles. The Bertz CT molecular complexity index is 264. The Kier molecular flexibility index (Phi) is 5.91. The van der Waals surface area contributed by atoms with E-state index in [9.17, 15) is 0 Å². The summed E-state index contributed by atoms with van der Waals surface area (Å²) in [5.74, 6) is 0. The molecule has 1 aromatic rings. The summed E-state index contributed by atoms with van der Waals surface area (Å²) in [6.45, 7) is 2.99. The van der Waals surface area contributed by atoms with E-state index >= 15 is 0 Å². The predicted molar refractivity (Wildman–Crippen MR) is 55.6 cm³/mol. The third-order valence-electron chi connectivity index (χ3n) is 1.92. The van der Waals surface area contributed by atoms with Crippen LogP contribution in [0.5, 0.6) is 0 Å². The third-order valence-corrected chi connectivity index (χ3v) is 1.92. The highest BCUT2D eigenvalue weighted by molar-refractivity contribution is 4.91. The Hall–Kier alpha value is -0.980. The van der Waals surface area contributed by atoms with E-state index in [2.05, 4.69) is 15.6 Å². The minimum atomic E-state index is 0.108. The molecular weight excluding hydrogens is 196 g/mol. The largest absolute Gasteiger partial charge is 0.396 e. The second-order valence-corrected chi connectivity index (χ2v) is 3.16. The Morgan fingerprint density at radius 1 is 1.53 bits per heavy atom. The van der Waals surface area contributed by atoms with Crippen LogP contribution in [0, 0.1) is 0 Å². The van der Waals surface area contributed by atoms with Gasteiger partial charge in [-0.25, -0.2) is 4.68 Å². The third kappa shape index (κ3) is 4.87. The molecule has 0 aliphatic rings. The molecular formula is C9H18N4O2. The first-order chi connectivity index (χ1) is 7.36. The fraction of sp³-hybridized carbons (Fsp3) is 0.778. The number of aromatic nitrogens is 3. The van der Waals surface area contributed by atoms with Crippen molar-refractivity contribution in [3.05, 3.63) is 11.9 Å². The number of aliphatic hydroxyl groups excluding tert-OH is 1. The lowest BCUT2D eigenvalue weighted by Gasteiger charge is -2.02. The van der Waals surface area contributed by atoms with Gasteiger partial charge in [-0.05, 0) is 7.05 Å². The highest BCUT2D eigenvalue weighted by Gasteiger charge is 1.99. The Balaban J connectivity index is 2.14. The van der Waals surface area contributed by atoms with Gasteiger partial charge in [0.1, 0.15) is 0 Å². The minimum absolute atomic E-state index is 0.108. The molecule has 6 heteroatoms. The van der Waals surface area contributed by atoms with Crippen molar-refractivity contribution in [3.63, 3.8) is 0 Å². The normalized spacial score (nSPS) is 10.8. The lowest BCUT2D eigenvalue weighted by Crippen LogP contribution is -2.16. The van der Waals surface area contributed by atoms with Gasteiger partial charge in [-0.1, -0.05) is 5.21 Å². The first kappa shape index (κ1) is 12.1. The summed E-state index contributed by atoms with van der Waals surface area (Å²) in [7, 11) is 1.89. The van der Waals surface area contributed by atoms with Gasteiger partial charge in [-0.15, -0.1) is 5.10 Å². The molecule has 0 atom stereocenters. The van der Waals surface area contributed by atoms with Crippen molar-refractivity contribution in [1.29, 1.82) is 0 Å². The van der Waals surface area contributed by atoms with Crippen molar-refractivity contribution in [2.24, 2.45) is 0 Å². The van der Waals surface area contributed by atoms with Crippen molar-refractivity contribution < 1.29 is 9.84 Å². The van der Waals surface area contributed by atoms with Gasteiger partial charge in [0.2, 0.25) is 0 Å². The molecule has 0 amide bonds. The standard InChI is InChI=1S/C9H18N4O2/c1-10-3-6-15-7-4-13-8-9(2-5-14)11-12-13/h8,10,14H,2-7H2,1H3. The summed E-state index contributed by atoms with van der Waals surface area (Å²) in [5.41, 5.74) is 0.813. The molecule has 0 saturated heterocycles. The molecule has 0 fully saturated rings. The molecule has 0 unspecified atom stereocenters. The average Bonchev–Trinajstić information content (AvgIpc) is 2.66. The van der Waals surface area contributed by atoms with Crippen LogP contribution < -0.4 is 5.32 Å². The SMILES string of the molecule is CNCCOCCn1cc(CCO)nn1. The van der Waals surface area contributed by atoms with E-state index in [4.69, 9.17) is 9.84 Å². The molecule has 6 nitrogen and oxygen atoms in total. The quantitative estimate of drug-likeness (QED) is 0.546. The molecule has 0 aromatic carbocycles. The Morgan fingerprint density at radius 2 is 2.40 bits per heavy atom. The van der Waals surface area contributed by atoms with E-state index in [1.165, 1.54) is 0 Å². The summed E-state index contributed by atoms with van der Waals surface area (Å²) in [4.78, 5) is 0. The van der Waals surface area contributed by atoms with E-state index in [1.54, 1.807) is 4.68 Å². The number of rotatable bonds is 8. The van der Waals surface area contributed by atoms with E-state index < -0.39 is 0 Å². The monoisotopic (exact) mass is 214 g/mol. The van der Waals surface area contributed by atoms with Crippen LogP contribution in [0.4, 0.5) is 0 Å². The number of hydrogen-bond acceptors (Lipinski definition) is 5. The lowest BCUT2D eigenvalue weighted by molar-refractivity contribution is 0.126. The maximum atomic E-state index is 8.69. The molecule has 0 radical (unpaired) electrons. The van der Waals surface area contributed by atoms with Crippen LogP contribution in [0.1, 0.15) is 5.69 Å². The van der Waals surface area contributed by atoms with Gasteiger partial charge in [0.15, 0.2) is 0 Å². The highest BCUT2D eigenvalue weighted by atomic mass is 16.5. The smallest absolute Gasteiger partial charge is 0.0849 e. The van der Waals surface area contributed by atoms with E-state index in [0.29, 0.717) is 26.2 Å². The zero-order valence-corrected chi connectivity index (χ0v) is 9.02. The average molecular weight is 214 g/mol. The summed E-state index contributed by atoms with van der Waals surface area (Å²) in [6.07, 6.45) is 2.39. The van der Waals surface area contributed by atoms with E-state index in [1.807, 2.05) is 13.2 Å². The molecule has 0 bridgehead atoms. The second kappa shape index (κ2) is 7.33. The van der Waals surface area contributed by atoms with Crippen molar-refractivity contribution >= 4 is 0 Å². The number of nitrogens with zero attached hydrogens (tertiary/aromatic N) is 3. The molecule has 1 heterocycles. The fourth-order valence-electron chi connectivity index (χ4n) is 1.11. The van der Waals surface area contributed by atoms with Crippen LogP contribution in [0.15, 0.2) is 6.20 Å². The molecule has 86 valence electrons. The van der Waals surface area contributed by atoms with Gasteiger partial charge in [-0.3, -0.25) is 0 Å². The second-order valence-electron chi connectivity index (χ2n) is 3.16. The van der Waals surface area contributed by atoms with Crippen molar-refractivity contribution in [2.75, 3.05) is 33.4 Å². The molecule has 0 aliphatic carbocycles. The van der Waals surface area contributed by atoms with Gasteiger partial charge in [0.05, 0.1) is 25.5 Å². The van der Waals surface area contributed by atoms with Gasteiger partial charge in [0.25, 0.3) is 0 Å². The van der Waals surface area contributed by atoms with Crippen LogP contribution in [-0.4, -0.2) is 53.5 Å². The maximum Gasteiger partial charge on any atom is 0.0849 e. The molecule has 1 aromatic heterocycles. The highest BCUT2D eigenvalue weighted by Crippen LogP contribution is 1.93. The van der Waals surface area contributed by atoms with E-state index in [-0.39, 0.29) is 6.61 Å². The zero-order valence-electron chi connectivity index (χ0n) is 9.02. The molecule has 0 aliphatic heterocycles. The molecule has 2 N–H and O–H groups in total. The number of hydrogen-bond donors (Lipinski definition) is 2. The van der Waals surface area contributed by atoms with Gasteiger partial charge in [-0.2, -0.15) is 0 Å². The zero-order chi connectivity index (χ0) is 10.9. The minimum Gasteiger partial charge on any atom is -0.396 e. The van der Waals surface area contributed by atoms with Crippen LogP contribution in [0.3, 0.4) is 0 Å². The summed E-state index contributed by atoms with van der Waals surface area (Å²) >= 11 is 0. The van der Waals surface area contributed by atoms with Crippen molar-refractivity contribution in [2.45, 2.75) is 13.0 Å². The van der Waals surface area contributed by atoms with Crippen LogP contribution in [0.25, 0.3) is 0 Å². The molecule has 0 spiro atoms. The number of nitrogens with one attached hydrogen (secondary N) is 1. The predicted octanol–water partition coefficient (Wildman–Crippen LogP) is -0.951. The van der Waals surface area contributed by atoms with E-state index in [0.717, 1.165) is 12.2 Å². The van der Waals surface area contributed by atoms with Crippen LogP contribution in [0.2, 0.25) is 0 Å². The first-order valence-electron chi connectivity index (χ1n) is 5.09. The number of ether oxygens (including phenoxy) is 1. The maximum absolute atomic E-state index is 8.69. The topological polar surface area (TPSA) is 72.2 Å². The van der Waals surface area contributed by atoms with Crippen molar-refractivity contribution in [3.8, 4) is 0 Å². The van der Waals surface area contributed by atoms with Crippen molar-refractivity contribution in [1.82, 2.24) is 20.3 Å². The first-order valence-corrected chi connectivity index (χ1v) is 5.09. The summed E-state index contributed by atoms with van der Waals surface area (Å²) < 4.78 is 7.07. The van der Waals surface area contributed by atoms with Crippen LogP contribution >= 0.6 is 0 Å². The number of aliphatic hydroxyl groups is 1. The van der Waals surface area contributed by atoms with Crippen LogP contribution in [-0.2, 0) is 17.7 Å². The molecule has 15 heavy (non-hydrogen) atoms. The van der Waals surface area contributed by atoms with Gasteiger partial charge < -0.3 is 15.2 Å². The Morgan fingerprint density at radius 3 is 3.13 bits per heavy atom. The Labute approximate surface area is 89.2 Å². The summed E-state index contributed by atoms with van der Waals surface area (Å²) in [5, 5.41) is 19.5. The fourth-order valence-corrected chi connectivity index (χ4v) is 1.11. The number of likely N-dealkylation sites (N-methyl/N-ethyl adjacent to an activating group) is 1. The van der Waals surface area contributed by atoms with Gasteiger partial charge >= 0.3 is 0 Å².